The van der Waals surface area contributed by atoms with E-state index in [2.05, 4.69) is 36.7 Å². The summed E-state index contributed by atoms with van der Waals surface area (Å²) in [5, 5.41) is 0. The molecule has 1 aromatic carbocycles. The molecule has 15 heavy (non-hydrogen) atoms. The van der Waals surface area contributed by atoms with Gasteiger partial charge in [-0.05, 0) is 33.5 Å². The van der Waals surface area contributed by atoms with E-state index in [1.165, 1.54) is 0 Å². The number of ether oxygens (including phenoxy) is 2. The molecule has 84 valence electrons. The fraction of sp³-hybridized carbons (Fsp3) is 0.500. The zero-order chi connectivity index (χ0) is 11.6. The van der Waals surface area contributed by atoms with Gasteiger partial charge >= 0.3 is 0 Å². The molecular formula is C12H17BrO2. The zero-order valence-electron chi connectivity index (χ0n) is 9.85. The number of benzene rings is 1. The van der Waals surface area contributed by atoms with Gasteiger partial charge in [-0.3, -0.25) is 0 Å². The summed E-state index contributed by atoms with van der Waals surface area (Å²) in [6.45, 7) is 6.45. The van der Waals surface area contributed by atoms with Crippen LogP contribution in [0, 0.1) is 0 Å². The van der Waals surface area contributed by atoms with Crippen molar-refractivity contribution in [3.63, 3.8) is 0 Å². The lowest BCUT2D eigenvalue weighted by molar-refractivity contribution is 0.385. The Labute approximate surface area is 99.7 Å². The van der Waals surface area contributed by atoms with Gasteiger partial charge < -0.3 is 9.47 Å². The largest absolute Gasteiger partial charge is 0.497 e. The highest BCUT2D eigenvalue weighted by Crippen LogP contribution is 2.39. The summed E-state index contributed by atoms with van der Waals surface area (Å²) < 4.78 is 11.6. The molecule has 0 radical (unpaired) electrons. The molecule has 0 saturated heterocycles. The molecule has 0 unspecified atom stereocenters. The highest BCUT2D eigenvalue weighted by Gasteiger charge is 2.21. The van der Waals surface area contributed by atoms with Gasteiger partial charge in [0, 0.05) is 5.56 Å². The summed E-state index contributed by atoms with van der Waals surface area (Å²) in [5.41, 5.74) is 1.17. The summed E-state index contributed by atoms with van der Waals surface area (Å²) >= 11 is 3.49. The molecule has 0 aliphatic carbocycles. The molecule has 2 nitrogen and oxygen atoms in total. The van der Waals surface area contributed by atoms with Gasteiger partial charge in [-0.25, -0.2) is 0 Å². The Balaban J connectivity index is 3.39. The third kappa shape index (κ3) is 2.65. The average molecular weight is 273 g/mol. The van der Waals surface area contributed by atoms with Crippen LogP contribution < -0.4 is 9.47 Å². The number of hydrogen-bond acceptors (Lipinski definition) is 2. The molecule has 0 spiro atoms. The van der Waals surface area contributed by atoms with Crippen LogP contribution in [0.4, 0.5) is 0 Å². The zero-order valence-corrected chi connectivity index (χ0v) is 11.4. The first-order valence-corrected chi connectivity index (χ1v) is 5.61. The van der Waals surface area contributed by atoms with Crippen LogP contribution in [0.1, 0.15) is 26.3 Å². The molecule has 0 aliphatic heterocycles. The van der Waals surface area contributed by atoms with Crippen LogP contribution in [0.15, 0.2) is 16.6 Å². The maximum Gasteiger partial charge on any atom is 0.137 e. The highest BCUT2D eigenvalue weighted by molar-refractivity contribution is 9.10. The molecule has 0 N–H and O–H groups in total. The van der Waals surface area contributed by atoms with Crippen molar-refractivity contribution < 1.29 is 9.47 Å². The second kappa shape index (κ2) is 4.44. The van der Waals surface area contributed by atoms with Crippen molar-refractivity contribution in [3.8, 4) is 11.5 Å². The van der Waals surface area contributed by atoms with Crippen molar-refractivity contribution in [3.05, 3.63) is 22.2 Å². The van der Waals surface area contributed by atoms with Gasteiger partial charge in [0.05, 0.1) is 18.7 Å². The first-order chi connectivity index (χ1) is 6.90. The average Bonchev–Trinajstić information content (AvgIpc) is 2.15. The lowest BCUT2D eigenvalue weighted by Crippen LogP contribution is -2.13. The summed E-state index contributed by atoms with van der Waals surface area (Å²) in [6, 6.07) is 3.93. The molecular weight excluding hydrogens is 256 g/mol. The van der Waals surface area contributed by atoms with Crippen LogP contribution in [0.25, 0.3) is 0 Å². The number of methoxy groups -OCH3 is 2. The minimum atomic E-state index is 0.0302. The van der Waals surface area contributed by atoms with Crippen LogP contribution in [0.5, 0.6) is 11.5 Å². The Morgan fingerprint density at radius 1 is 1.07 bits per heavy atom. The first-order valence-electron chi connectivity index (χ1n) is 4.82. The Bertz CT molecular complexity index is 353. The molecule has 0 aromatic heterocycles. The number of hydrogen-bond donors (Lipinski definition) is 0. The van der Waals surface area contributed by atoms with Gasteiger partial charge in [0.25, 0.3) is 0 Å². The predicted molar refractivity (Wildman–Crippen MR) is 65.9 cm³/mol. The highest BCUT2D eigenvalue weighted by atomic mass is 79.9. The van der Waals surface area contributed by atoms with E-state index in [1.807, 2.05) is 12.1 Å². The second-order valence-corrected chi connectivity index (χ2v) is 5.29. The quantitative estimate of drug-likeness (QED) is 0.816. The molecule has 0 fully saturated rings. The van der Waals surface area contributed by atoms with E-state index >= 15 is 0 Å². The molecule has 1 aromatic rings. The van der Waals surface area contributed by atoms with Gasteiger partial charge in [-0.2, -0.15) is 0 Å². The molecule has 0 heterocycles. The van der Waals surface area contributed by atoms with Crippen LogP contribution in [0.3, 0.4) is 0 Å². The topological polar surface area (TPSA) is 18.5 Å². The normalized spacial score (nSPS) is 11.3. The van der Waals surface area contributed by atoms with Crippen LogP contribution in [0.2, 0.25) is 0 Å². The van der Waals surface area contributed by atoms with E-state index in [-0.39, 0.29) is 5.41 Å². The predicted octanol–water partition coefficient (Wildman–Crippen LogP) is 3.76. The lowest BCUT2D eigenvalue weighted by Gasteiger charge is -2.23. The maximum absolute atomic E-state index is 5.40. The van der Waals surface area contributed by atoms with Crippen molar-refractivity contribution in [2.24, 2.45) is 0 Å². The molecule has 0 atom stereocenters. The van der Waals surface area contributed by atoms with E-state index in [0.29, 0.717) is 0 Å². The fourth-order valence-electron chi connectivity index (χ4n) is 1.45. The van der Waals surface area contributed by atoms with Crippen LogP contribution >= 0.6 is 15.9 Å². The van der Waals surface area contributed by atoms with Gasteiger partial charge in [0.15, 0.2) is 0 Å². The number of rotatable bonds is 2. The summed E-state index contributed by atoms with van der Waals surface area (Å²) in [5.74, 6) is 1.72. The Kier molecular flexibility index (Phi) is 3.66. The Hall–Kier alpha value is -0.700. The third-order valence-electron chi connectivity index (χ3n) is 2.26. The van der Waals surface area contributed by atoms with E-state index in [1.54, 1.807) is 14.2 Å². The van der Waals surface area contributed by atoms with Crippen molar-refractivity contribution in [2.45, 2.75) is 26.2 Å². The second-order valence-electron chi connectivity index (χ2n) is 4.44. The summed E-state index contributed by atoms with van der Waals surface area (Å²) in [7, 11) is 3.35. The fourth-order valence-corrected chi connectivity index (χ4v) is 2.05. The molecule has 0 bridgehead atoms. The molecule has 0 amide bonds. The smallest absolute Gasteiger partial charge is 0.137 e. The minimum absolute atomic E-state index is 0.0302. The molecule has 3 heteroatoms. The molecule has 0 saturated carbocycles. The Morgan fingerprint density at radius 3 is 2.07 bits per heavy atom. The Morgan fingerprint density at radius 2 is 1.67 bits per heavy atom. The van der Waals surface area contributed by atoms with E-state index < -0.39 is 0 Å². The third-order valence-corrected chi connectivity index (χ3v) is 2.85. The van der Waals surface area contributed by atoms with E-state index in [4.69, 9.17) is 9.47 Å². The van der Waals surface area contributed by atoms with Crippen molar-refractivity contribution in [1.29, 1.82) is 0 Å². The van der Waals surface area contributed by atoms with Crippen molar-refractivity contribution >= 4 is 15.9 Å². The van der Waals surface area contributed by atoms with Crippen LogP contribution in [-0.4, -0.2) is 14.2 Å². The van der Waals surface area contributed by atoms with E-state index in [0.717, 1.165) is 21.5 Å². The standard InChI is InChI=1S/C12H17BrO2/c1-12(2,3)9-6-8(14-4)7-10(13)11(9)15-5/h6-7H,1-5H3. The maximum atomic E-state index is 5.40. The number of halogens is 1. The van der Waals surface area contributed by atoms with Crippen LogP contribution in [-0.2, 0) is 5.41 Å². The first kappa shape index (κ1) is 12.4. The lowest BCUT2D eigenvalue weighted by atomic mass is 9.86. The monoisotopic (exact) mass is 272 g/mol. The van der Waals surface area contributed by atoms with Crippen molar-refractivity contribution in [2.75, 3.05) is 14.2 Å². The van der Waals surface area contributed by atoms with Gasteiger partial charge in [-0.1, -0.05) is 20.8 Å². The summed E-state index contributed by atoms with van der Waals surface area (Å²) in [4.78, 5) is 0. The molecule has 0 aliphatic rings. The summed E-state index contributed by atoms with van der Waals surface area (Å²) in [6.07, 6.45) is 0. The van der Waals surface area contributed by atoms with E-state index in [9.17, 15) is 0 Å². The van der Waals surface area contributed by atoms with Crippen molar-refractivity contribution in [1.82, 2.24) is 0 Å². The van der Waals surface area contributed by atoms with Gasteiger partial charge in [0.1, 0.15) is 11.5 Å². The molecule has 1 rings (SSSR count). The SMILES string of the molecule is COc1cc(Br)c(OC)c(C(C)(C)C)c1. The van der Waals surface area contributed by atoms with Gasteiger partial charge in [0.2, 0.25) is 0 Å². The van der Waals surface area contributed by atoms with Gasteiger partial charge in [-0.15, -0.1) is 0 Å². The minimum Gasteiger partial charge on any atom is -0.497 e.